The molecule has 16 heavy (non-hydrogen) atoms. The molecular weight excluding hydrogens is 290 g/mol. The van der Waals surface area contributed by atoms with Gasteiger partial charge in [-0.1, -0.05) is 15.9 Å². The van der Waals surface area contributed by atoms with E-state index >= 15 is 0 Å². The zero-order valence-electron chi connectivity index (χ0n) is 7.94. The Kier molecular flexibility index (Phi) is 3.08. The lowest BCUT2D eigenvalue weighted by molar-refractivity contribution is 0.458. The van der Waals surface area contributed by atoms with Crippen molar-refractivity contribution in [3.8, 4) is 11.9 Å². The summed E-state index contributed by atoms with van der Waals surface area (Å²) in [5.74, 6) is -0.230. The predicted molar refractivity (Wildman–Crippen MR) is 65.9 cm³/mol. The van der Waals surface area contributed by atoms with Crippen LogP contribution in [0.2, 0.25) is 0 Å². The van der Waals surface area contributed by atoms with Crippen LogP contribution < -0.4 is 5.32 Å². The first-order valence-electron chi connectivity index (χ1n) is 4.32. The van der Waals surface area contributed by atoms with Gasteiger partial charge in [-0.15, -0.1) is 0 Å². The maximum Gasteiger partial charge on any atom is 0.243 e. The van der Waals surface area contributed by atoms with Gasteiger partial charge < -0.3 is 10.4 Å². The molecule has 0 atom stereocenters. The molecule has 0 saturated heterocycles. The summed E-state index contributed by atoms with van der Waals surface area (Å²) < 4.78 is 4.68. The SMILES string of the molecule is N#Cc1c(O)nsc1Nc1ccc(Br)cc1. The monoisotopic (exact) mass is 295 g/mol. The van der Waals surface area contributed by atoms with Crippen LogP contribution in [0.3, 0.4) is 0 Å². The Labute approximate surface area is 104 Å². The highest BCUT2D eigenvalue weighted by Gasteiger charge is 2.12. The number of benzene rings is 1. The second-order valence-corrected chi connectivity index (χ2v) is 4.64. The lowest BCUT2D eigenvalue weighted by Gasteiger charge is -2.02. The Morgan fingerprint density at radius 1 is 1.38 bits per heavy atom. The number of hydrogen-bond acceptors (Lipinski definition) is 5. The largest absolute Gasteiger partial charge is 0.492 e. The van der Waals surface area contributed by atoms with Gasteiger partial charge in [-0.2, -0.15) is 9.64 Å². The number of anilines is 2. The van der Waals surface area contributed by atoms with Crippen LogP contribution in [0.25, 0.3) is 0 Å². The smallest absolute Gasteiger partial charge is 0.243 e. The van der Waals surface area contributed by atoms with Crippen LogP contribution >= 0.6 is 27.5 Å². The molecule has 0 radical (unpaired) electrons. The van der Waals surface area contributed by atoms with E-state index in [1.807, 2.05) is 30.3 Å². The number of nitrogens with one attached hydrogen (secondary N) is 1. The van der Waals surface area contributed by atoms with Gasteiger partial charge in [0, 0.05) is 10.2 Å². The van der Waals surface area contributed by atoms with E-state index in [1.54, 1.807) is 0 Å². The highest BCUT2D eigenvalue weighted by atomic mass is 79.9. The van der Waals surface area contributed by atoms with Crippen molar-refractivity contribution >= 4 is 38.2 Å². The summed E-state index contributed by atoms with van der Waals surface area (Å²) in [5.41, 5.74) is 1.01. The van der Waals surface area contributed by atoms with Gasteiger partial charge in [0.25, 0.3) is 0 Å². The maximum atomic E-state index is 9.28. The van der Waals surface area contributed by atoms with Crippen molar-refractivity contribution in [3.63, 3.8) is 0 Å². The molecule has 1 aromatic carbocycles. The zero-order valence-corrected chi connectivity index (χ0v) is 10.3. The van der Waals surface area contributed by atoms with E-state index in [4.69, 9.17) is 5.26 Å². The van der Waals surface area contributed by atoms with Crippen LogP contribution in [0.1, 0.15) is 5.56 Å². The maximum absolute atomic E-state index is 9.28. The van der Waals surface area contributed by atoms with Gasteiger partial charge >= 0.3 is 0 Å². The first kappa shape index (κ1) is 10.9. The summed E-state index contributed by atoms with van der Waals surface area (Å²) in [4.78, 5) is 0. The standard InChI is InChI=1S/C10H6BrN3OS/c11-6-1-3-7(4-2-6)13-10-8(5-12)9(15)14-16-10/h1-4,13H,(H,14,15). The fourth-order valence-electron chi connectivity index (χ4n) is 1.13. The molecule has 6 heteroatoms. The van der Waals surface area contributed by atoms with Crippen LogP contribution in [-0.4, -0.2) is 9.48 Å². The number of nitriles is 1. The molecule has 4 nitrogen and oxygen atoms in total. The lowest BCUT2D eigenvalue weighted by Crippen LogP contribution is -1.88. The molecule has 0 spiro atoms. The minimum Gasteiger partial charge on any atom is -0.492 e. The minimum absolute atomic E-state index is 0.174. The van der Waals surface area contributed by atoms with E-state index in [0.717, 1.165) is 21.7 Å². The Hall–Kier alpha value is -1.58. The van der Waals surface area contributed by atoms with E-state index in [1.165, 1.54) is 0 Å². The minimum atomic E-state index is -0.230. The number of aromatic nitrogens is 1. The normalized spacial score (nSPS) is 9.75. The van der Waals surface area contributed by atoms with Gasteiger partial charge in [0.15, 0.2) is 5.56 Å². The van der Waals surface area contributed by atoms with Crippen LogP contribution in [0.5, 0.6) is 5.88 Å². The molecule has 0 amide bonds. The summed E-state index contributed by atoms with van der Waals surface area (Å²) in [6.45, 7) is 0. The van der Waals surface area contributed by atoms with E-state index in [0.29, 0.717) is 5.00 Å². The van der Waals surface area contributed by atoms with Crippen molar-refractivity contribution in [1.29, 1.82) is 5.26 Å². The van der Waals surface area contributed by atoms with Crippen molar-refractivity contribution in [2.75, 3.05) is 5.32 Å². The van der Waals surface area contributed by atoms with Crippen molar-refractivity contribution < 1.29 is 5.11 Å². The summed E-state index contributed by atoms with van der Waals surface area (Å²) in [6, 6.07) is 9.40. The van der Waals surface area contributed by atoms with Gasteiger partial charge in [-0.3, -0.25) is 0 Å². The fourth-order valence-corrected chi connectivity index (χ4v) is 2.06. The molecule has 1 heterocycles. The summed E-state index contributed by atoms with van der Waals surface area (Å²) in [7, 11) is 0. The average molecular weight is 296 g/mol. The Morgan fingerprint density at radius 3 is 2.69 bits per heavy atom. The van der Waals surface area contributed by atoms with E-state index < -0.39 is 0 Å². The van der Waals surface area contributed by atoms with E-state index in [2.05, 4.69) is 25.6 Å². The van der Waals surface area contributed by atoms with Crippen LogP contribution in [0.15, 0.2) is 28.7 Å². The zero-order chi connectivity index (χ0) is 11.5. The molecule has 0 fully saturated rings. The summed E-state index contributed by atoms with van der Waals surface area (Å²) in [5, 5.41) is 21.7. The third-order valence-corrected chi connectivity index (χ3v) is 3.17. The quantitative estimate of drug-likeness (QED) is 0.892. The van der Waals surface area contributed by atoms with Crippen molar-refractivity contribution in [3.05, 3.63) is 34.3 Å². The molecule has 1 aromatic heterocycles. The van der Waals surface area contributed by atoms with Gasteiger partial charge in [0.1, 0.15) is 11.1 Å². The molecule has 0 bridgehead atoms. The molecule has 0 aliphatic carbocycles. The Balaban J connectivity index is 2.27. The molecule has 2 rings (SSSR count). The molecule has 0 unspecified atom stereocenters. The van der Waals surface area contributed by atoms with Crippen molar-refractivity contribution in [1.82, 2.24) is 4.37 Å². The Bertz CT molecular complexity index is 544. The third kappa shape index (κ3) is 2.15. The average Bonchev–Trinajstić information content (AvgIpc) is 2.63. The van der Waals surface area contributed by atoms with E-state index in [9.17, 15) is 5.11 Å². The topological polar surface area (TPSA) is 68.9 Å². The van der Waals surface area contributed by atoms with Crippen molar-refractivity contribution in [2.24, 2.45) is 0 Å². The first-order chi connectivity index (χ1) is 7.70. The van der Waals surface area contributed by atoms with Crippen molar-refractivity contribution in [2.45, 2.75) is 0 Å². The lowest BCUT2D eigenvalue weighted by atomic mass is 10.3. The molecule has 0 aliphatic heterocycles. The third-order valence-electron chi connectivity index (χ3n) is 1.89. The van der Waals surface area contributed by atoms with Crippen LogP contribution in [0.4, 0.5) is 10.7 Å². The highest BCUT2D eigenvalue weighted by molar-refractivity contribution is 9.10. The second-order valence-electron chi connectivity index (χ2n) is 2.95. The van der Waals surface area contributed by atoms with Crippen LogP contribution in [-0.2, 0) is 0 Å². The predicted octanol–water partition coefficient (Wildman–Crippen LogP) is 3.23. The molecule has 0 saturated carbocycles. The van der Waals surface area contributed by atoms with Crippen LogP contribution in [0, 0.1) is 11.3 Å². The number of hydrogen-bond donors (Lipinski definition) is 2. The summed E-state index contributed by atoms with van der Waals surface area (Å²) in [6.07, 6.45) is 0. The number of rotatable bonds is 2. The number of halogens is 1. The Morgan fingerprint density at radius 2 is 2.06 bits per heavy atom. The molecule has 80 valence electrons. The van der Waals surface area contributed by atoms with E-state index in [-0.39, 0.29) is 11.4 Å². The van der Waals surface area contributed by atoms with Gasteiger partial charge in [-0.25, -0.2) is 0 Å². The molecule has 0 aliphatic rings. The first-order valence-corrected chi connectivity index (χ1v) is 5.88. The number of nitrogens with zero attached hydrogens (tertiary/aromatic N) is 2. The summed E-state index contributed by atoms with van der Waals surface area (Å²) >= 11 is 4.39. The van der Waals surface area contributed by atoms with Gasteiger partial charge in [-0.05, 0) is 35.8 Å². The van der Waals surface area contributed by atoms with Gasteiger partial charge in [0.2, 0.25) is 5.88 Å². The molecule has 2 aromatic rings. The highest BCUT2D eigenvalue weighted by Crippen LogP contribution is 2.31. The molecular formula is C10H6BrN3OS. The number of aromatic hydroxyl groups is 1. The molecule has 2 N–H and O–H groups in total. The second kappa shape index (κ2) is 4.51. The fraction of sp³-hybridized carbons (Fsp3) is 0. The van der Waals surface area contributed by atoms with Gasteiger partial charge in [0.05, 0.1) is 0 Å².